The Morgan fingerprint density at radius 2 is 1.90 bits per heavy atom. The molecule has 1 saturated carbocycles. The van der Waals surface area contributed by atoms with Gasteiger partial charge in [0.15, 0.2) is 0 Å². The van der Waals surface area contributed by atoms with E-state index in [0.717, 1.165) is 50.6 Å². The second-order valence-corrected chi connectivity index (χ2v) is 8.57. The lowest BCUT2D eigenvalue weighted by molar-refractivity contribution is -0.231. The largest absolute Gasteiger partial charge is 0.481 e. The van der Waals surface area contributed by atoms with Gasteiger partial charge in [0.2, 0.25) is 11.7 Å². The summed E-state index contributed by atoms with van der Waals surface area (Å²) < 4.78 is 17.8. The molecule has 3 heterocycles. The van der Waals surface area contributed by atoms with Crippen LogP contribution in [0.5, 0.6) is 11.6 Å². The Hall–Kier alpha value is -2.11. The van der Waals surface area contributed by atoms with Crippen molar-refractivity contribution in [1.82, 2.24) is 9.88 Å². The third kappa shape index (κ3) is 3.99. The highest BCUT2D eigenvalue weighted by Crippen LogP contribution is 2.39. The van der Waals surface area contributed by atoms with E-state index in [-0.39, 0.29) is 0 Å². The summed E-state index contributed by atoms with van der Waals surface area (Å²) in [6.07, 6.45) is 9.89. The molecule has 1 saturated heterocycles. The Kier molecular flexibility index (Phi) is 5.18. The molecule has 3 aliphatic rings. The maximum absolute atomic E-state index is 6.41. The van der Waals surface area contributed by atoms with Crippen LogP contribution in [0.25, 0.3) is 0 Å². The van der Waals surface area contributed by atoms with Crippen LogP contribution in [0.2, 0.25) is 0 Å². The number of fused-ring (bicyclic) bond motifs is 1. The summed E-state index contributed by atoms with van der Waals surface area (Å²) >= 11 is 0. The minimum absolute atomic E-state index is 0.413. The fourth-order valence-corrected chi connectivity index (χ4v) is 4.64. The Balaban J connectivity index is 1.19. The molecule has 1 aliphatic carbocycles. The molecule has 0 unspecified atom stereocenters. The molecule has 2 fully saturated rings. The number of pyridine rings is 1. The van der Waals surface area contributed by atoms with Gasteiger partial charge in [-0.1, -0.05) is 18.6 Å². The number of aryl methyl sites for hydroxylation is 2. The van der Waals surface area contributed by atoms with Crippen LogP contribution in [-0.2, 0) is 24.2 Å². The first-order valence-electron chi connectivity index (χ1n) is 10.9. The summed E-state index contributed by atoms with van der Waals surface area (Å²) in [5.41, 5.74) is 3.69. The van der Waals surface area contributed by atoms with E-state index in [1.807, 2.05) is 12.3 Å². The molecular weight excluding hydrogens is 364 g/mol. The van der Waals surface area contributed by atoms with Gasteiger partial charge in [-0.2, -0.15) is 0 Å². The average Bonchev–Trinajstić information content (AvgIpc) is 2.73. The molecule has 2 aliphatic heterocycles. The summed E-state index contributed by atoms with van der Waals surface area (Å²) in [7, 11) is 1.64. The number of ether oxygens (including phenoxy) is 3. The average molecular weight is 395 g/mol. The van der Waals surface area contributed by atoms with Crippen LogP contribution in [0.4, 0.5) is 0 Å². The maximum atomic E-state index is 6.41. The van der Waals surface area contributed by atoms with E-state index in [9.17, 15) is 0 Å². The molecule has 5 nitrogen and oxygen atoms in total. The first-order valence-corrected chi connectivity index (χ1v) is 10.9. The zero-order valence-electron chi connectivity index (χ0n) is 17.2. The van der Waals surface area contributed by atoms with Gasteiger partial charge in [-0.15, -0.1) is 0 Å². The van der Waals surface area contributed by atoms with Crippen molar-refractivity contribution in [2.45, 2.75) is 63.4 Å². The summed E-state index contributed by atoms with van der Waals surface area (Å²) in [5, 5.41) is 0. The molecule has 154 valence electrons. The number of nitrogens with zero attached hydrogens (tertiary/aromatic N) is 2. The number of methoxy groups -OCH3 is 1. The van der Waals surface area contributed by atoms with Gasteiger partial charge in [0.05, 0.1) is 13.7 Å². The molecule has 0 bridgehead atoms. The van der Waals surface area contributed by atoms with E-state index < -0.39 is 5.79 Å². The molecular formula is C24H30N2O3. The fraction of sp³-hybridized carbons (Fsp3) is 0.542. The van der Waals surface area contributed by atoms with Crippen LogP contribution < -0.4 is 9.47 Å². The van der Waals surface area contributed by atoms with Crippen molar-refractivity contribution in [3.8, 4) is 11.6 Å². The minimum Gasteiger partial charge on any atom is -0.481 e. The zero-order valence-corrected chi connectivity index (χ0v) is 17.2. The summed E-state index contributed by atoms with van der Waals surface area (Å²) in [5.74, 6) is 1.25. The second kappa shape index (κ2) is 7.96. The van der Waals surface area contributed by atoms with Crippen LogP contribution in [0, 0.1) is 0 Å². The Morgan fingerprint density at radius 3 is 2.59 bits per heavy atom. The molecule has 5 heteroatoms. The number of likely N-dealkylation sites (tertiary alicyclic amines) is 1. The highest BCUT2D eigenvalue weighted by molar-refractivity contribution is 5.39. The van der Waals surface area contributed by atoms with Crippen molar-refractivity contribution in [2.24, 2.45) is 0 Å². The first kappa shape index (κ1) is 18.9. The van der Waals surface area contributed by atoms with Crippen LogP contribution in [0.15, 0.2) is 36.5 Å². The van der Waals surface area contributed by atoms with Gasteiger partial charge in [-0.3, -0.25) is 4.90 Å². The molecule has 0 radical (unpaired) electrons. The van der Waals surface area contributed by atoms with Crippen LogP contribution in [0.1, 0.15) is 48.8 Å². The van der Waals surface area contributed by atoms with Crippen LogP contribution >= 0.6 is 0 Å². The van der Waals surface area contributed by atoms with Crippen molar-refractivity contribution in [1.29, 1.82) is 0 Å². The molecule has 0 N–H and O–H groups in total. The van der Waals surface area contributed by atoms with Gasteiger partial charge in [0.25, 0.3) is 0 Å². The lowest BCUT2D eigenvalue weighted by atomic mass is 9.89. The van der Waals surface area contributed by atoms with Crippen molar-refractivity contribution >= 4 is 0 Å². The third-order valence-corrected chi connectivity index (χ3v) is 6.77. The van der Waals surface area contributed by atoms with Gasteiger partial charge in [-0.25, -0.2) is 4.98 Å². The topological polar surface area (TPSA) is 43.8 Å². The quantitative estimate of drug-likeness (QED) is 0.763. The van der Waals surface area contributed by atoms with Gasteiger partial charge < -0.3 is 14.2 Å². The van der Waals surface area contributed by atoms with E-state index in [1.165, 1.54) is 36.0 Å². The number of hydrogen-bond acceptors (Lipinski definition) is 5. The number of rotatable bonds is 5. The van der Waals surface area contributed by atoms with Crippen molar-refractivity contribution in [2.75, 3.05) is 20.2 Å². The molecule has 2 aromatic rings. The SMILES string of the molecule is COc1ccc(CCc2ccc3c(c2)COC2(CCN(C4CCC4)CC2)O3)cn1. The molecule has 1 aromatic heterocycles. The van der Waals surface area contributed by atoms with E-state index in [2.05, 4.69) is 34.1 Å². The number of piperidine rings is 1. The molecule has 29 heavy (non-hydrogen) atoms. The van der Waals surface area contributed by atoms with Crippen molar-refractivity contribution < 1.29 is 14.2 Å². The summed E-state index contributed by atoms with van der Waals surface area (Å²) in [4.78, 5) is 6.92. The third-order valence-electron chi connectivity index (χ3n) is 6.77. The standard InChI is InChI=1S/C24H30N2O3/c1-27-23-10-8-19(16-25-23)6-5-18-7-9-22-20(15-18)17-28-24(29-22)11-13-26(14-12-24)21-3-2-4-21/h7-10,15-16,21H,2-6,11-14,17H2,1H3. The van der Waals surface area contributed by atoms with Gasteiger partial charge >= 0.3 is 0 Å². The predicted octanol–water partition coefficient (Wildman–Crippen LogP) is 4.13. The first-order chi connectivity index (χ1) is 14.2. The molecule has 1 spiro atoms. The van der Waals surface area contributed by atoms with Crippen molar-refractivity contribution in [3.63, 3.8) is 0 Å². The van der Waals surface area contributed by atoms with Gasteiger partial charge in [0, 0.05) is 49.8 Å². The maximum Gasteiger partial charge on any atom is 0.213 e. The monoisotopic (exact) mass is 394 g/mol. The Labute approximate surface area is 173 Å². The summed E-state index contributed by atoms with van der Waals surface area (Å²) in [6.45, 7) is 2.83. The van der Waals surface area contributed by atoms with Crippen LogP contribution in [-0.4, -0.2) is 41.9 Å². The molecule has 5 rings (SSSR count). The Bertz CT molecular complexity index is 840. The number of aromatic nitrogens is 1. The second-order valence-electron chi connectivity index (χ2n) is 8.57. The lowest BCUT2D eigenvalue weighted by Gasteiger charge is -2.47. The van der Waals surface area contributed by atoms with E-state index in [0.29, 0.717) is 12.5 Å². The lowest BCUT2D eigenvalue weighted by Crippen LogP contribution is -2.54. The van der Waals surface area contributed by atoms with Gasteiger partial charge in [0.1, 0.15) is 5.75 Å². The van der Waals surface area contributed by atoms with E-state index >= 15 is 0 Å². The van der Waals surface area contributed by atoms with E-state index in [1.54, 1.807) is 7.11 Å². The molecule has 0 amide bonds. The predicted molar refractivity (Wildman–Crippen MR) is 111 cm³/mol. The Morgan fingerprint density at radius 1 is 1.10 bits per heavy atom. The van der Waals surface area contributed by atoms with Crippen LogP contribution in [0.3, 0.4) is 0 Å². The molecule has 0 atom stereocenters. The normalized spacial score (nSPS) is 21.3. The van der Waals surface area contributed by atoms with Crippen molar-refractivity contribution in [3.05, 3.63) is 53.2 Å². The molecule has 1 aromatic carbocycles. The van der Waals surface area contributed by atoms with E-state index in [4.69, 9.17) is 14.2 Å². The number of hydrogen-bond donors (Lipinski definition) is 0. The zero-order chi connectivity index (χ0) is 19.7. The summed E-state index contributed by atoms with van der Waals surface area (Å²) in [6, 6.07) is 11.4. The smallest absolute Gasteiger partial charge is 0.213 e. The number of benzene rings is 1. The highest BCUT2D eigenvalue weighted by Gasteiger charge is 2.42. The minimum atomic E-state index is -0.413. The highest BCUT2D eigenvalue weighted by atomic mass is 16.7. The van der Waals surface area contributed by atoms with Gasteiger partial charge in [-0.05, 0) is 48.9 Å². The fourth-order valence-electron chi connectivity index (χ4n) is 4.64.